The molecule has 0 radical (unpaired) electrons. The summed E-state index contributed by atoms with van der Waals surface area (Å²) in [5.74, 6) is -1.46. The van der Waals surface area contributed by atoms with Crippen molar-refractivity contribution in [2.24, 2.45) is 0 Å². The van der Waals surface area contributed by atoms with Gasteiger partial charge in [-0.3, -0.25) is 4.79 Å². The molecule has 1 aromatic rings. The zero-order valence-corrected chi connectivity index (χ0v) is 13.9. The first kappa shape index (κ1) is 17.1. The van der Waals surface area contributed by atoms with Crippen LogP contribution < -0.4 is 5.32 Å². The first-order valence-corrected chi connectivity index (χ1v) is 8.45. The predicted molar refractivity (Wildman–Crippen MR) is 80.0 cm³/mol. The van der Waals surface area contributed by atoms with Gasteiger partial charge in [-0.1, -0.05) is 15.9 Å². The van der Waals surface area contributed by atoms with Crippen LogP contribution in [0.25, 0.3) is 0 Å². The van der Waals surface area contributed by atoms with Crippen LogP contribution in [0.15, 0.2) is 22.7 Å². The van der Waals surface area contributed by atoms with E-state index in [1.54, 1.807) is 20.8 Å². The molecule has 0 heterocycles. The van der Waals surface area contributed by atoms with Crippen molar-refractivity contribution in [3.63, 3.8) is 0 Å². The van der Waals surface area contributed by atoms with Gasteiger partial charge in [-0.15, -0.1) is 0 Å². The summed E-state index contributed by atoms with van der Waals surface area (Å²) in [5.41, 5.74) is -0.118. The molecule has 1 N–H and O–H groups in total. The molecule has 20 heavy (non-hydrogen) atoms. The number of carbonyl (C=O) groups excluding carboxylic acids is 1. The van der Waals surface area contributed by atoms with Crippen molar-refractivity contribution in [3.05, 3.63) is 34.1 Å². The summed E-state index contributed by atoms with van der Waals surface area (Å²) in [6.07, 6.45) is 0. The smallest absolute Gasteiger partial charge is 0.254 e. The Morgan fingerprint density at radius 2 is 1.95 bits per heavy atom. The van der Waals surface area contributed by atoms with Crippen molar-refractivity contribution < 1.29 is 17.6 Å². The third-order valence-electron chi connectivity index (χ3n) is 2.76. The van der Waals surface area contributed by atoms with Crippen LogP contribution in [-0.4, -0.2) is 31.4 Å². The van der Waals surface area contributed by atoms with Crippen LogP contribution in [-0.2, 0) is 9.84 Å². The van der Waals surface area contributed by atoms with Gasteiger partial charge < -0.3 is 5.32 Å². The number of benzene rings is 1. The predicted octanol–water partition coefficient (Wildman–Crippen LogP) is 2.53. The lowest BCUT2D eigenvalue weighted by atomic mass is 10.2. The lowest BCUT2D eigenvalue weighted by Gasteiger charge is -2.19. The Balaban J connectivity index is 2.68. The number of rotatable bonds is 4. The molecule has 0 aromatic heterocycles. The van der Waals surface area contributed by atoms with E-state index in [0.717, 1.165) is 0 Å². The first-order chi connectivity index (χ1) is 9.04. The molecule has 0 saturated carbocycles. The summed E-state index contributed by atoms with van der Waals surface area (Å²) in [7, 11) is -3.31. The first-order valence-electron chi connectivity index (χ1n) is 6.00. The van der Waals surface area contributed by atoms with Crippen LogP contribution in [0, 0.1) is 5.82 Å². The molecule has 1 amide bonds. The largest absolute Gasteiger partial charge is 0.351 e. The number of halogens is 2. The Morgan fingerprint density at radius 3 is 2.50 bits per heavy atom. The molecule has 0 aliphatic heterocycles. The normalized spacial score (nSPS) is 12.2. The molecular formula is C13H17BrFNO3S. The fraction of sp³-hybridized carbons (Fsp3) is 0.462. The second kappa shape index (κ2) is 6.22. The Hall–Kier alpha value is -0.950. The average molecular weight is 366 g/mol. The minimum absolute atomic E-state index is 0.0512. The molecule has 0 bridgehead atoms. The van der Waals surface area contributed by atoms with E-state index in [9.17, 15) is 17.6 Å². The third-order valence-corrected chi connectivity index (χ3v) is 5.86. The van der Waals surface area contributed by atoms with Gasteiger partial charge in [0.15, 0.2) is 9.84 Å². The van der Waals surface area contributed by atoms with Gasteiger partial charge >= 0.3 is 0 Å². The van der Waals surface area contributed by atoms with Crippen LogP contribution in [0.3, 0.4) is 0 Å². The van der Waals surface area contributed by atoms with Gasteiger partial charge in [0.1, 0.15) is 5.82 Å². The molecule has 1 rings (SSSR count). The maximum Gasteiger partial charge on any atom is 0.254 e. The second-order valence-electron chi connectivity index (χ2n) is 5.31. The average Bonchev–Trinajstić information content (AvgIpc) is 2.30. The standard InChI is InChI=1S/C13H17BrFNO3S/c1-13(2,3)20(18,19)7-6-16-12(17)10-8-9(14)4-5-11(10)15/h4-5,8H,6-7H2,1-3H3,(H,16,17). The van der Waals surface area contributed by atoms with Gasteiger partial charge in [-0.05, 0) is 39.0 Å². The minimum atomic E-state index is -3.31. The quantitative estimate of drug-likeness (QED) is 0.891. The topological polar surface area (TPSA) is 63.2 Å². The molecule has 0 fully saturated rings. The highest BCUT2D eigenvalue weighted by atomic mass is 79.9. The van der Waals surface area contributed by atoms with E-state index in [0.29, 0.717) is 4.47 Å². The van der Waals surface area contributed by atoms with Crippen molar-refractivity contribution in [1.82, 2.24) is 5.32 Å². The van der Waals surface area contributed by atoms with Crippen molar-refractivity contribution in [2.75, 3.05) is 12.3 Å². The van der Waals surface area contributed by atoms with E-state index in [4.69, 9.17) is 0 Å². The minimum Gasteiger partial charge on any atom is -0.351 e. The maximum absolute atomic E-state index is 13.5. The van der Waals surface area contributed by atoms with Gasteiger partial charge in [-0.2, -0.15) is 0 Å². The molecule has 1 aromatic carbocycles. The molecule has 112 valence electrons. The Bertz CT molecular complexity index is 609. The maximum atomic E-state index is 13.5. The molecule has 4 nitrogen and oxygen atoms in total. The SMILES string of the molecule is CC(C)(C)S(=O)(=O)CCNC(=O)c1cc(Br)ccc1F. The lowest BCUT2D eigenvalue weighted by molar-refractivity contribution is 0.0952. The number of hydrogen-bond donors (Lipinski definition) is 1. The molecular weight excluding hydrogens is 349 g/mol. The van der Waals surface area contributed by atoms with Gasteiger partial charge in [0.2, 0.25) is 0 Å². The summed E-state index contributed by atoms with van der Waals surface area (Å²) >= 11 is 3.15. The van der Waals surface area contributed by atoms with E-state index >= 15 is 0 Å². The fourth-order valence-corrected chi connectivity index (χ4v) is 2.72. The monoisotopic (exact) mass is 365 g/mol. The highest BCUT2D eigenvalue weighted by Gasteiger charge is 2.28. The summed E-state index contributed by atoms with van der Waals surface area (Å²) in [6.45, 7) is 4.73. The molecule has 0 aliphatic carbocycles. The van der Waals surface area contributed by atoms with Gasteiger partial charge in [-0.25, -0.2) is 12.8 Å². The Kier molecular flexibility index (Phi) is 5.32. The fourth-order valence-electron chi connectivity index (χ4n) is 1.37. The summed E-state index contributed by atoms with van der Waals surface area (Å²) < 4.78 is 36.9. The Labute approximate surface area is 126 Å². The van der Waals surface area contributed by atoms with Crippen LogP contribution in [0.5, 0.6) is 0 Å². The van der Waals surface area contributed by atoms with Crippen LogP contribution >= 0.6 is 15.9 Å². The zero-order chi connectivity index (χ0) is 15.6. The van der Waals surface area contributed by atoms with E-state index < -0.39 is 26.3 Å². The van der Waals surface area contributed by atoms with Gasteiger partial charge in [0.25, 0.3) is 5.91 Å². The number of hydrogen-bond acceptors (Lipinski definition) is 3. The second-order valence-corrected chi connectivity index (χ2v) is 9.09. The van der Waals surface area contributed by atoms with Crippen molar-refractivity contribution in [2.45, 2.75) is 25.5 Å². The van der Waals surface area contributed by atoms with Crippen molar-refractivity contribution >= 4 is 31.7 Å². The van der Waals surface area contributed by atoms with E-state index in [1.807, 2.05) is 0 Å². The van der Waals surface area contributed by atoms with Crippen LogP contribution in [0.2, 0.25) is 0 Å². The van der Waals surface area contributed by atoms with E-state index in [-0.39, 0.29) is 17.9 Å². The Morgan fingerprint density at radius 1 is 1.35 bits per heavy atom. The summed E-state index contributed by atoms with van der Waals surface area (Å²) in [4.78, 5) is 11.8. The van der Waals surface area contributed by atoms with Gasteiger partial charge in [0.05, 0.1) is 16.1 Å². The van der Waals surface area contributed by atoms with E-state index in [1.165, 1.54) is 18.2 Å². The highest BCUT2D eigenvalue weighted by Crippen LogP contribution is 2.16. The number of nitrogens with one attached hydrogen (secondary N) is 1. The molecule has 0 spiro atoms. The third kappa shape index (κ3) is 4.28. The van der Waals surface area contributed by atoms with Gasteiger partial charge in [0, 0.05) is 11.0 Å². The molecule has 7 heteroatoms. The number of carbonyl (C=O) groups is 1. The van der Waals surface area contributed by atoms with Crippen molar-refractivity contribution in [3.8, 4) is 0 Å². The zero-order valence-electron chi connectivity index (χ0n) is 11.5. The number of sulfone groups is 1. The highest BCUT2D eigenvalue weighted by molar-refractivity contribution is 9.10. The lowest BCUT2D eigenvalue weighted by Crippen LogP contribution is -2.36. The summed E-state index contributed by atoms with van der Waals surface area (Å²) in [5, 5.41) is 2.42. The van der Waals surface area contributed by atoms with E-state index in [2.05, 4.69) is 21.2 Å². The van der Waals surface area contributed by atoms with Crippen LogP contribution in [0.1, 0.15) is 31.1 Å². The summed E-state index contributed by atoms with van der Waals surface area (Å²) in [6, 6.07) is 4.00. The number of amides is 1. The van der Waals surface area contributed by atoms with Crippen molar-refractivity contribution in [1.29, 1.82) is 0 Å². The van der Waals surface area contributed by atoms with Crippen LogP contribution in [0.4, 0.5) is 4.39 Å². The molecule has 0 saturated heterocycles. The molecule has 0 aliphatic rings. The molecule has 0 unspecified atom stereocenters. The molecule has 0 atom stereocenters.